The number of carbonyl (C=O) groups excluding carboxylic acids is 2. The fourth-order valence-corrected chi connectivity index (χ4v) is 4.74. The number of amides is 2. The van der Waals surface area contributed by atoms with Crippen LogP contribution in [-0.4, -0.2) is 91.7 Å². The zero-order valence-electron chi connectivity index (χ0n) is 22.1. The van der Waals surface area contributed by atoms with Gasteiger partial charge in [-0.25, -0.2) is 9.97 Å². The van der Waals surface area contributed by atoms with E-state index < -0.39 is 25.2 Å². The molecular weight excluding hydrogens is 538 g/mol. The second kappa shape index (κ2) is 11.9. The average molecular weight is 567 g/mol. The zero-order chi connectivity index (χ0) is 29.1. The van der Waals surface area contributed by atoms with Crippen LogP contribution < -0.4 is 10.1 Å². The molecule has 3 N–H and O–H groups in total. The number of hydrogen-bond acceptors (Lipinski definition) is 8. The molecule has 4 aromatic rings. The number of benzene rings is 2. The molecular formula is C28H28F2N6O5. The van der Waals surface area contributed by atoms with Crippen molar-refractivity contribution in [1.82, 2.24) is 24.2 Å². The van der Waals surface area contributed by atoms with Gasteiger partial charge in [0, 0.05) is 55.4 Å². The van der Waals surface area contributed by atoms with Crippen LogP contribution in [0.5, 0.6) is 5.75 Å². The van der Waals surface area contributed by atoms with Crippen molar-refractivity contribution in [1.29, 1.82) is 0 Å². The first-order valence-electron chi connectivity index (χ1n) is 12.9. The van der Waals surface area contributed by atoms with Gasteiger partial charge in [-0.1, -0.05) is 0 Å². The lowest BCUT2D eigenvalue weighted by molar-refractivity contribution is -0.143. The van der Waals surface area contributed by atoms with Gasteiger partial charge in [0.05, 0.1) is 18.5 Å². The molecule has 1 saturated heterocycles. The molecule has 0 spiro atoms. The molecule has 1 aliphatic heterocycles. The highest BCUT2D eigenvalue weighted by atomic mass is 19.3. The molecule has 41 heavy (non-hydrogen) atoms. The Labute approximate surface area is 233 Å². The number of aliphatic hydroxyl groups excluding tert-OH is 2. The lowest BCUT2D eigenvalue weighted by atomic mass is 10.1. The third kappa shape index (κ3) is 5.95. The van der Waals surface area contributed by atoms with E-state index in [4.69, 9.17) is 5.11 Å². The first-order valence-corrected chi connectivity index (χ1v) is 12.9. The minimum Gasteiger partial charge on any atom is -0.435 e. The minimum absolute atomic E-state index is 0.0640. The zero-order valence-corrected chi connectivity index (χ0v) is 22.1. The molecule has 0 aliphatic carbocycles. The van der Waals surface area contributed by atoms with Gasteiger partial charge in [0.1, 0.15) is 5.75 Å². The Morgan fingerprint density at radius 3 is 2.41 bits per heavy atom. The highest BCUT2D eigenvalue weighted by Gasteiger charge is 2.28. The lowest BCUT2D eigenvalue weighted by Gasteiger charge is -2.35. The van der Waals surface area contributed by atoms with Crippen molar-refractivity contribution in [2.75, 3.05) is 38.1 Å². The number of ether oxygens (including phenoxy) is 1. The van der Waals surface area contributed by atoms with E-state index in [0.717, 1.165) is 16.8 Å². The predicted octanol–water partition coefficient (Wildman–Crippen LogP) is 2.69. The summed E-state index contributed by atoms with van der Waals surface area (Å²) < 4.78 is 31.2. The summed E-state index contributed by atoms with van der Waals surface area (Å²) in [5, 5.41) is 21.8. The number of halogens is 2. The summed E-state index contributed by atoms with van der Waals surface area (Å²) in [5.74, 6) is -0.154. The van der Waals surface area contributed by atoms with Crippen LogP contribution in [0.2, 0.25) is 0 Å². The molecule has 2 aromatic carbocycles. The number of aliphatic hydroxyl groups is 2. The number of anilines is 2. The van der Waals surface area contributed by atoms with E-state index in [1.165, 1.54) is 17.0 Å². The second-order valence-electron chi connectivity index (χ2n) is 9.49. The maximum Gasteiger partial charge on any atom is 0.387 e. The summed E-state index contributed by atoms with van der Waals surface area (Å²) >= 11 is 0. The monoisotopic (exact) mass is 566 g/mol. The van der Waals surface area contributed by atoms with Crippen LogP contribution in [0, 0.1) is 6.92 Å². The van der Waals surface area contributed by atoms with Gasteiger partial charge in [0.15, 0.2) is 17.6 Å². The van der Waals surface area contributed by atoms with Crippen molar-refractivity contribution >= 4 is 29.0 Å². The Morgan fingerprint density at radius 1 is 1.05 bits per heavy atom. The van der Waals surface area contributed by atoms with Gasteiger partial charge < -0.3 is 30.1 Å². The van der Waals surface area contributed by atoms with Gasteiger partial charge >= 0.3 is 6.61 Å². The van der Waals surface area contributed by atoms with E-state index in [9.17, 15) is 23.5 Å². The molecule has 0 radical (unpaired) electrons. The number of nitrogens with zero attached hydrogens (tertiary/aromatic N) is 5. The van der Waals surface area contributed by atoms with E-state index in [-0.39, 0.29) is 24.7 Å². The number of aromatic nitrogens is 3. The van der Waals surface area contributed by atoms with E-state index in [1.807, 2.05) is 17.4 Å². The van der Waals surface area contributed by atoms with Gasteiger partial charge in [0.2, 0.25) is 0 Å². The number of fused-ring (bicyclic) bond motifs is 1. The summed E-state index contributed by atoms with van der Waals surface area (Å²) in [7, 11) is 0. The molecule has 0 saturated carbocycles. The number of rotatable bonds is 8. The standard InChI is InChI=1S/C28H28F2N6O5/c1-17-14-19(4-7-21(17)26(39)34-10-12-35(13-11-34)27(40)23(38)16-37)33-24-25-32-15-22(36(25)9-8-31-24)18-2-5-20(6-3-18)41-28(29)30/h2-9,14-15,23,28,37-38H,10-13,16H2,1H3,(H,31,33). The quantitative estimate of drug-likeness (QED) is 0.297. The normalized spacial score (nSPS) is 14.4. The Morgan fingerprint density at radius 2 is 1.76 bits per heavy atom. The molecule has 1 unspecified atom stereocenters. The second-order valence-corrected chi connectivity index (χ2v) is 9.49. The predicted molar refractivity (Wildman–Crippen MR) is 145 cm³/mol. The first-order chi connectivity index (χ1) is 19.7. The maximum absolute atomic E-state index is 13.2. The molecule has 1 atom stereocenters. The number of alkyl halides is 2. The van der Waals surface area contributed by atoms with Crippen LogP contribution in [0.25, 0.3) is 16.9 Å². The van der Waals surface area contributed by atoms with Gasteiger partial charge in [-0.3, -0.25) is 14.0 Å². The number of piperazine rings is 1. The molecule has 5 rings (SSSR count). The van der Waals surface area contributed by atoms with Crippen LogP contribution in [0.4, 0.5) is 20.3 Å². The Kier molecular flexibility index (Phi) is 8.08. The minimum atomic E-state index is -2.89. The van der Waals surface area contributed by atoms with Crippen molar-refractivity contribution < 1.29 is 33.3 Å². The molecule has 1 aliphatic rings. The van der Waals surface area contributed by atoms with E-state index in [0.29, 0.717) is 35.8 Å². The van der Waals surface area contributed by atoms with E-state index >= 15 is 0 Å². The molecule has 0 bridgehead atoms. The van der Waals surface area contributed by atoms with Crippen LogP contribution in [0.15, 0.2) is 61.1 Å². The van der Waals surface area contributed by atoms with Gasteiger partial charge in [-0.05, 0) is 55.0 Å². The molecule has 214 valence electrons. The molecule has 13 heteroatoms. The lowest BCUT2D eigenvalue weighted by Crippen LogP contribution is -2.53. The molecule has 1 fully saturated rings. The smallest absolute Gasteiger partial charge is 0.387 e. The number of aryl methyl sites for hydroxylation is 1. The number of imidazole rings is 1. The van der Waals surface area contributed by atoms with Crippen molar-refractivity contribution in [2.24, 2.45) is 0 Å². The molecule has 2 aromatic heterocycles. The number of carbonyl (C=O) groups is 2. The molecule has 2 amide bonds. The summed E-state index contributed by atoms with van der Waals surface area (Å²) in [6.07, 6.45) is 3.58. The van der Waals surface area contributed by atoms with Crippen molar-refractivity contribution in [3.05, 3.63) is 72.2 Å². The first kappa shape index (κ1) is 27.9. The molecule has 11 nitrogen and oxygen atoms in total. The summed E-state index contributed by atoms with van der Waals surface area (Å²) in [6.45, 7) is -0.520. The van der Waals surface area contributed by atoms with Crippen LogP contribution >= 0.6 is 0 Å². The third-order valence-electron chi connectivity index (χ3n) is 6.86. The number of nitrogens with one attached hydrogen (secondary N) is 1. The molecule has 3 heterocycles. The third-order valence-corrected chi connectivity index (χ3v) is 6.86. The van der Waals surface area contributed by atoms with Crippen molar-refractivity contribution in [2.45, 2.75) is 19.6 Å². The van der Waals surface area contributed by atoms with Gasteiger partial charge in [-0.15, -0.1) is 0 Å². The average Bonchev–Trinajstić information content (AvgIpc) is 3.41. The summed E-state index contributed by atoms with van der Waals surface area (Å²) in [5.41, 5.74) is 4.01. The fraction of sp³-hybridized carbons (Fsp3) is 0.286. The number of hydrogen-bond donors (Lipinski definition) is 3. The highest BCUT2D eigenvalue weighted by molar-refractivity contribution is 5.96. The summed E-state index contributed by atoms with van der Waals surface area (Å²) in [4.78, 5) is 37.3. The van der Waals surface area contributed by atoms with Gasteiger partial charge in [0.25, 0.3) is 11.8 Å². The fourth-order valence-electron chi connectivity index (χ4n) is 4.74. The van der Waals surface area contributed by atoms with Crippen molar-refractivity contribution in [3.8, 4) is 17.0 Å². The summed E-state index contributed by atoms with van der Waals surface area (Å²) in [6, 6.07) is 11.6. The van der Waals surface area contributed by atoms with E-state index in [2.05, 4.69) is 20.0 Å². The van der Waals surface area contributed by atoms with Crippen LogP contribution in [-0.2, 0) is 4.79 Å². The Hall–Kier alpha value is -4.62. The maximum atomic E-state index is 13.2. The topological polar surface area (TPSA) is 133 Å². The Bertz CT molecular complexity index is 1550. The SMILES string of the molecule is Cc1cc(Nc2nccn3c(-c4ccc(OC(F)F)cc4)cnc23)ccc1C(=O)N1CCN(C(=O)C(O)CO)CC1. The van der Waals surface area contributed by atoms with Gasteiger partial charge in [-0.2, -0.15) is 8.78 Å². The largest absolute Gasteiger partial charge is 0.435 e. The Balaban J connectivity index is 1.28. The highest BCUT2D eigenvalue weighted by Crippen LogP contribution is 2.28. The van der Waals surface area contributed by atoms with E-state index in [1.54, 1.807) is 47.8 Å². The van der Waals surface area contributed by atoms with Crippen molar-refractivity contribution in [3.63, 3.8) is 0 Å². The van der Waals surface area contributed by atoms with Crippen LogP contribution in [0.1, 0.15) is 15.9 Å². The van der Waals surface area contributed by atoms with Crippen LogP contribution in [0.3, 0.4) is 0 Å².